The molecular formula is C21H29N7O6. The Morgan fingerprint density at radius 2 is 1.97 bits per heavy atom. The van der Waals surface area contributed by atoms with Crippen molar-refractivity contribution in [2.75, 3.05) is 12.8 Å². The van der Waals surface area contributed by atoms with Crippen molar-refractivity contribution in [1.29, 1.82) is 0 Å². The number of ether oxygens (including phenoxy) is 2. The maximum atomic E-state index is 12.5. The molecule has 0 radical (unpaired) electrons. The molecule has 2 aromatic heterocycles. The summed E-state index contributed by atoms with van der Waals surface area (Å²) in [4.78, 5) is 39.6. The third-order valence-corrected chi connectivity index (χ3v) is 6.68. The zero-order valence-corrected chi connectivity index (χ0v) is 18.8. The molecule has 1 saturated heterocycles. The van der Waals surface area contributed by atoms with E-state index in [2.05, 4.69) is 20.3 Å². The van der Waals surface area contributed by atoms with E-state index in [0.717, 1.165) is 38.5 Å². The van der Waals surface area contributed by atoms with Gasteiger partial charge in [0.1, 0.15) is 17.7 Å². The highest BCUT2D eigenvalue weighted by molar-refractivity contribution is 5.83. The minimum atomic E-state index is -1.42. The van der Waals surface area contributed by atoms with Crippen LogP contribution in [-0.2, 0) is 20.8 Å². The smallest absolute Gasteiger partial charge is 0.410 e. The molecule has 2 unspecified atom stereocenters. The fraction of sp³-hybridized carbons (Fsp3) is 0.667. The predicted octanol–water partition coefficient (Wildman–Crippen LogP) is -0.183. The molecule has 2 amide bonds. The van der Waals surface area contributed by atoms with Crippen molar-refractivity contribution in [2.45, 2.75) is 81.7 Å². The molecule has 5 rings (SSSR count). The number of aromatic nitrogens is 4. The third-order valence-electron chi connectivity index (χ3n) is 6.68. The summed E-state index contributed by atoms with van der Waals surface area (Å²) < 4.78 is 12.1. The van der Waals surface area contributed by atoms with Crippen LogP contribution in [-0.4, -0.2) is 84.1 Å². The number of fused-ring (bicyclic) bond motifs is 1. The van der Waals surface area contributed by atoms with Gasteiger partial charge >= 0.3 is 6.09 Å². The highest BCUT2D eigenvalue weighted by Crippen LogP contribution is 2.33. The first kappa shape index (κ1) is 22.7. The van der Waals surface area contributed by atoms with Gasteiger partial charge in [0.05, 0.1) is 20.0 Å². The Morgan fingerprint density at radius 3 is 2.65 bits per heavy atom. The number of anilines is 1. The largest absolute Gasteiger partial charge is 0.453 e. The molecule has 3 fully saturated rings. The van der Waals surface area contributed by atoms with Crippen LogP contribution < -0.4 is 11.1 Å². The maximum Gasteiger partial charge on any atom is 0.410 e. The Morgan fingerprint density at radius 1 is 1.24 bits per heavy atom. The van der Waals surface area contributed by atoms with Crippen molar-refractivity contribution in [2.24, 2.45) is 0 Å². The Balaban J connectivity index is 1.42. The number of nitrogen functional groups attached to an aromatic ring is 1. The first-order valence-corrected chi connectivity index (χ1v) is 11.5. The molecule has 0 aromatic carbocycles. The van der Waals surface area contributed by atoms with E-state index in [4.69, 9.17) is 15.2 Å². The Kier molecular flexibility index (Phi) is 6.00. The van der Waals surface area contributed by atoms with Gasteiger partial charge in [-0.25, -0.2) is 19.7 Å². The van der Waals surface area contributed by atoms with E-state index in [1.807, 2.05) is 0 Å². The number of nitrogens with zero attached hydrogens (tertiary/aromatic N) is 5. The topological polar surface area (TPSA) is 178 Å². The molecule has 13 heteroatoms. The van der Waals surface area contributed by atoms with E-state index in [1.54, 1.807) is 4.90 Å². The number of carbonyl (C=O) groups is 2. The van der Waals surface area contributed by atoms with Gasteiger partial charge in [-0.1, -0.05) is 12.8 Å². The standard InChI is InChI=1S/C21H29N7O6/c1-33-21(32)27(11-4-2-3-5-11)8-12-25-17(22)13-18(26-12)28(9-23-13)20-15(30)14(29)16(34-20)19(31)24-10-6-7-10/h9-11,14-16,20,29-30H,2-8H2,1H3,(H,24,31)(H2,22,25,26)/t14?,15?,16-,20+/m0/s1. The molecule has 1 aliphatic heterocycles. The molecule has 3 heterocycles. The summed E-state index contributed by atoms with van der Waals surface area (Å²) >= 11 is 0. The average Bonchev–Trinajstić information content (AvgIpc) is 3.20. The summed E-state index contributed by atoms with van der Waals surface area (Å²) in [7, 11) is 1.33. The van der Waals surface area contributed by atoms with Gasteiger partial charge in [-0.2, -0.15) is 0 Å². The molecule has 3 aliphatic rings. The van der Waals surface area contributed by atoms with Crippen molar-refractivity contribution in [3.8, 4) is 0 Å². The molecule has 13 nitrogen and oxygen atoms in total. The molecule has 184 valence electrons. The molecule has 5 N–H and O–H groups in total. The summed E-state index contributed by atoms with van der Waals surface area (Å²) in [5, 5.41) is 23.9. The van der Waals surface area contributed by atoms with Crippen LogP contribution in [0.5, 0.6) is 0 Å². The van der Waals surface area contributed by atoms with Gasteiger partial charge < -0.3 is 30.7 Å². The molecule has 0 spiro atoms. The van der Waals surface area contributed by atoms with Gasteiger partial charge in [0, 0.05) is 12.1 Å². The van der Waals surface area contributed by atoms with Crippen molar-refractivity contribution in [3.05, 3.63) is 12.2 Å². The van der Waals surface area contributed by atoms with Gasteiger partial charge in [-0.3, -0.25) is 14.3 Å². The van der Waals surface area contributed by atoms with E-state index in [9.17, 15) is 19.8 Å². The SMILES string of the molecule is COC(=O)N(Cc1nc(N)c2ncn([C@@H]3O[C@H](C(=O)NC4CC4)C(O)C3O)c2n1)C1CCCC1. The van der Waals surface area contributed by atoms with Crippen LogP contribution in [0.15, 0.2) is 6.33 Å². The Hall–Kier alpha value is -3.03. The minimum Gasteiger partial charge on any atom is -0.453 e. The second-order valence-electron chi connectivity index (χ2n) is 9.10. The van der Waals surface area contributed by atoms with Crippen molar-refractivity contribution < 1.29 is 29.3 Å². The highest BCUT2D eigenvalue weighted by atomic mass is 16.6. The number of aliphatic hydroxyl groups excluding tert-OH is 2. The Labute approximate surface area is 195 Å². The fourth-order valence-corrected chi connectivity index (χ4v) is 4.69. The van der Waals surface area contributed by atoms with Crippen LogP contribution in [0.4, 0.5) is 10.6 Å². The number of amides is 2. The molecule has 2 aromatic rings. The molecule has 2 aliphatic carbocycles. The van der Waals surface area contributed by atoms with E-state index >= 15 is 0 Å². The van der Waals surface area contributed by atoms with Crippen LogP contribution in [0.2, 0.25) is 0 Å². The van der Waals surface area contributed by atoms with Crippen LogP contribution in [0.3, 0.4) is 0 Å². The van der Waals surface area contributed by atoms with Gasteiger partial charge in [-0.05, 0) is 25.7 Å². The van der Waals surface area contributed by atoms with E-state index in [0.29, 0.717) is 0 Å². The normalized spacial score (nSPS) is 27.3. The lowest BCUT2D eigenvalue weighted by Crippen LogP contribution is -2.43. The second kappa shape index (κ2) is 8.96. The lowest BCUT2D eigenvalue weighted by Gasteiger charge is -2.26. The monoisotopic (exact) mass is 475 g/mol. The van der Waals surface area contributed by atoms with Crippen molar-refractivity contribution in [1.82, 2.24) is 29.7 Å². The highest BCUT2D eigenvalue weighted by Gasteiger charge is 2.48. The van der Waals surface area contributed by atoms with Crippen LogP contribution in [0, 0.1) is 0 Å². The van der Waals surface area contributed by atoms with Crippen LogP contribution in [0.25, 0.3) is 11.2 Å². The van der Waals surface area contributed by atoms with Crippen LogP contribution in [0.1, 0.15) is 50.6 Å². The number of nitrogens with one attached hydrogen (secondary N) is 1. The maximum absolute atomic E-state index is 12.5. The number of rotatable bonds is 6. The van der Waals surface area contributed by atoms with Crippen molar-refractivity contribution in [3.63, 3.8) is 0 Å². The van der Waals surface area contributed by atoms with Gasteiger partial charge in [-0.15, -0.1) is 0 Å². The Bertz CT molecular complexity index is 1080. The van der Waals surface area contributed by atoms with Gasteiger partial charge in [0.25, 0.3) is 5.91 Å². The molecule has 34 heavy (non-hydrogen) atoms. The predicted molar refractivity (Wildman–Crippen MR) is 117 cm³/mol. The number of methoxy groups -OCH3 is 1. The lowest BCUT2D eigenvalue weighted by molar-refractivity contribution is -0.137. The molecular weight excluding hydrogens is 446 g/mol. The zero-order valence-electron chi connectivity index (χ0n) is 18.8. The number of carbonyl (C=O) groups excluding carboxylic acids is 2. The van der Waals surface area contributed by atoms with Gasteiger partial charge in [0.2, 0.25) is 0 Å². The number of imidazole rings is 1. The zero-order chi connectivity index (χ0) is 24.0. The van der Waals surface area contributed by atoms with E-state index in [-0.39, 0.29) is 41.4 Å². The fourth-order valence-electron chi connectivity index (χ4n) is 4.69. The summed E-state index contributed by atoms with van der Waals surface area (Å²) in [5.41, 5.74) is 6.67. The third kappa shape index (κ3) is 4.14. The summed E-state index contributed by atoms with van der Waals surface area (Å²) in [6.07, 6.45) is 1.32. The minimum absolute atomic E-state index is 0.0266. The van der Waals surface area contributed by atoms with Crippen LogP contribution >= 0.6 is 0 Å². The summed E-state index contributed by atoms with van der Waals surface area (Å²) in [6, 6.07) is 0.111. The van der Waals surface area contributed by atoms with E-state index < -0.39 is 36.5 Å². The average molecular weight is 476 g/mol. The molecule has 2 saturated carbocycles. The summed E-state index contributed by atoms with van der Waals surface area (Å²) in [6.45, 7) is 0.0891. The number of nitrogens with two attached hydrogens (primary N) is 1. The number of hydrogen-bond acceptors (Lipinski definition) is 10. The first-order valence-electron chi connectivity index (χ1n) is 11.5. The number of hydrogen-bond donors (Lipinski definition) is 4. The second-order valence-corrected chi connectivity index (χ2v) is 9.10. The van der Waals surface area contributed by atoms with E-state index in [1.165, 1.54) is 18.0 Å². The quantitative estimate of drug-likeness (QED) is 0.438. The van der Waals surface area contributed by atoms with Crippen molar-refractivity contribution >= 4 is 29.0 Å². The van der Waals surface area contributed by atoms with Gasteiger partial charge in [0.15, 0.2) is 29.6 Å². The molecule has 0 bridgehead atoms. The first-order chi connectivity index (χ1) is 16.4. The lowest BCUT2D eigenvalue weighted by atomic mass is 10.1. The number of aliphatic hydroxyl groups is 2. The molecule has 4 atom stereocenters. The summed E-state index contributed by atoms with van der Waals surface area (Å²) in [5.74, 6) is -0.0905.